The van der Waals surface area contributed by atoms with E-state index in [1.165, 1.54) is 0 Å². The molecule has 0 aromatic heterocycles. The van der Waals surface area contributed by atoms with Crippen molar-refractivity contribution < 1.29 is 14.4 Å². The van der Waals surface area contributed by atoms with Crippen LogP contribution in [0.15, 0.2) is 0 Å². The molecular weight excluding hydrogens is 198 g/mol. The second-order valence-corrected chi connectivity index (χ2v) is 3.48. The van der Waals surface area contributed by atoms with E-state index in [4.69, 9.17) is 5.73 Å². The minimum atomic E-state index is -0.806. The van der Waals surface area contributed by atoms with E-state index in [1.807, 2.05) is 6.92 Å². The van der Waals surface area contributed by atoms with Crippen LogP contribution >= 0.6 is 0 Å². The normalized spacial score (nSPS) is 17.8. The zero-order valence-corrected chi connectivity index (χ0v) is 8.66. The van der Waals surface area contributed by atoms with Crippen LogP contribution in [0.5, 0.6) is 0 Å². The first-order chi connectivity index (χ1) is 7.07. The third-order valence-corrected chi connectivity index (χ3v) is 2.35. The fourth-order valence-corrected chi connectivity index (χ4v) is 1.55. The van der Waals surface area contributed by atoms with Crippen molar-refractivity contribution in [2.75, 3.05) is 6.54 Å². The Hall–Kier alpha value is -1.59. The molecule has 3 N–H and O–H groups in total. The van der Waals surface area contributed by atoms with E-state index in [2.05, 4.69) is 5.32 Å². The van der Waals surface area contributed by atoms with Crippen LogP contribution in [0.3, 0.4) is 0 Å². The second kappa shape index (κ2) is 4.77. The highest BCUT2D eigenvalue weighted by molar-refractivity contribution is 6.05. The lowest BCUT2D eigenvalue weighted by Crippen LogP contribution is -2.48. The molecule has 0 aromatic carbocycles. The first kappa shape index (κ1) is 11.5. The molecule has 1 fully saturated rings. The Bertz CT molecular complexity index is 274. The standard InChI is InChI=1S/C9H15N3O3/c1-2-3-4-6(8(10)14)12-7(13)5-11-9(12)15/h6H,2-5H2,1H3,(H2,10,14)(H,11,15). The summed E-state index contributed by atoms with van der Waals surface area (Å²) in [5, 5.41) is 2.36. The summed E-state index contributed by atoms with van der Waals surface area (Å²) in [6.45, 7) is 1.92. The van der Waals surface area contributed by atoms with E-state index >= 15 is 0 Å². The highest BCUT2D eigenvalue weighted by Gasteiger charge is 2.37. The van der Waals surface area contributed by atoms with Gasteiger partial charge >= 0.3 is 6.03 Å². The molecule has 0 bridgehead atoms. The third-order valence-electron chi connectivity index (χ3n) is 2.35. The number of primary amides is 1. The second-order valence-electron chi connectivity index (χ2n) is 3.48. The van der Waals surface area contributed by atoms with Gasteiger partial charge < -0.3 is 11.1 Å². The highest BCUT2D eigenvalue weighted by Crippen LogP contribution is 2.12. The number of carbonyl (C=O) groups excluding carboxylic acids is 3. The molecule has 1 rings (SSSR count). The van der Waals surface area contributed by atoms with Crippen LogP contribution in [0.2, 0.25) is 0 Å². The summed E-state index contributed by atoms with van der Waals surface area (Å²) in [5.41, 5.74) is 5.17. The van der Waals surface area contributed by atoms with Gasteiger partial charge in [-0.2, -0.15) is 0 Å². The minimum Gasteiger partial charge on any atom is -0.368 e. The average molecular weight is 213 g/mol. The molecule has 6 heteroatoms. The topological polar surface area (TPSA) is 92.5 Å². The largest absolute Gasteiger partial charge is 0.368 e. The molecule has 1 heterocycles. The molecule has 6 nitrogen and oxygen atoms in total. The van der Waals surface area contributed by atoms with Gasteiger partial charge in [0.2, 0.25) is 5.91 Å². The fraction of sp³-hybridized carbons (Fsp3) is 0.667. The van der Waals surface area contributed by atoms with Gasteiger partial charge in [0, 0.05) is 0 Å². The first-order valence-electron chi connectivity index (χ1n) is 4.97. The Morgan fingerprint density at radius 3 is 2.67 bits per heavy atom. The zero-order chi connectivity index (χ0) is 11.4. The molecule has 1 unspecified atom stereocenters. The maximum atomic E-state index is 11.3. The molecule has 4 amide bonds. The Balaban J connectivity index is 2.74. The number of nitrogens with one attached hydrogen (secondary N) is 1. The molecule has 0 aliphatic carbocycles. The zero-order valence-electron chi connectivity index (χ0n) is 8.66. The van der Waals surface area contributed by atoms with E-state index in [9.17, 15) is 14.4 Å². The number of urea groups is 1. The predicted octanol–water partition coefficient (Wildman–Crippen LogP) is -0.418. The van der Waals surface area contributed by atoms with Gasteiger partial charge in [-0.05, 0) is 6.42 Å². The lowest BCUT2D eigenvalue weighted by molar-refractivity contribution is -0.133. The van der Waals surface area contributed by atoms with Gasteiger partial charge in [0.15, 0.2) is 0 Å². The Kier molecular flexibility index (Phi) is 3.65. The molecule has 1 saturated heterocycles. The number of rotatable bonds is 5. The van der Waals surface area contributed by atoms with Crippen LogP contribution in [0.4, 0.5) is 4.79 Å². The van der Waals surface area contributed by atoms with Crippen LogP contribution < -0.4 is 11.1 Å². The average Bonchev–Trinajstić information content (AvgIpc) is 2.49. The lowest BCUT2D eigenvalue weighted by Gasteiger charge is -2.21. The Labute approximate surface area is 87.8 Å². The Morgan fingerprint density at radius 2 is 2.27 bits per heavy atom. The monoisotopic (exact) mass is 213 g/mol. The number of nitrogens with zero attached hydrogens (tertiary/aromatic N) is 1. The van der Waals surface area contributed by atoms with Crippen molar-refractivity contribution >= 4 is 17.8 Å². The summed E-state index contributed by atoms with van der Waals surface area (Å²) in [4.78, 5) is 34.7. The highest BCUT2D eigenvalue weighted by atomic mass is 16.2. The molecule has 0 saturated carbocycles. The summed E-state index contributed by atoms with van der Waals surface area (Å²) in [6, 6.07) is -1.33. The molecule has 0 radical (unpaired) electrons. The van der Waals surface area contributed by atoms with Crippen molar-refractivity contribution in [2.45, 2.75) is 32.2 Å². The SMILES string of the molecule is CCCCC(C(N)=O)N1C(=O)CNC1=O. The van der Waals surface area contributed by atoms with Crippen LogP contribution in [0, 0.1) is 0 Å². The van der Waals surface area contributed by atoms with Gasteiger partial charge in [0.25, 0.3) is 5.91 Å². The maximum Gasteiger partial charge on any atom is 0.325 e. The van der Waals surface area contributed by atoms with Crippen molar-refractivity contribution in [3.63, 3.8) is 0 Å². The van der Waals surface area contributed by atoms with Crippen molar-refractivity contribution in [1.82, 2.24) is 10.2 Å². The predicted molar refractivity (Wildman–Crippen MR) is 52.8 cm³/mol. The van der Waals surface area contributed by atoms with Crippen LogP contribution in [0.1, 0.15) is 26.2 Å². The number of nitrogens with two attached hydrogens (primary N) is 1. The van der Waals surface area contributed by atoms with E-state index < -0.39 is 18.0 Å². The van der Waals surface area contributed by atoms with Crippen molar-refractivity contribution in [3.05, 3.63) is 0 Å². The van der Waals surface area contributed by atoms with Gasteiger partial charge in [0.05, 0.1) is 6.54 Å². The molecule has 84 valence electrons. The van der Waals surface area contributed by atoms with Crippen molar-refractivity contribution in [3.8, 4) is 0 Å². The summed E-state index contributed by atoms with van der Waals surface area (Å²) < 4.78 is 0. The van der Waals surface area contributed by atoms with Gasteiger partial charge in [0.1, 0.15) is 6.04 Å². The van der Waals surface area contributed by atoms with E-state index in [1.54, 1.807) is 0 Å². The summed E-state index contributed by atoms with van der Waals surface area (Å²) >= 11 is 0. The molecule has 0 aromatic rings. The van der Waals surface area contributed by atoms with E-state index in [0.29, 0.717) is 6.42 Å². The molecule has 0 spiro atoms. The van der Waals surface area contributed by atoms with Gasteiger partial charge in [-0.25, -0.2) is 4.79 Å². The molecule has 1 atom stereocenters. The van der Waals surface area contributed by atoms with Crippen LogP contribution in [-0.4, -0.2) is 35.3 Å². The van der Waals surface area contributed by atoms with Gasteiger partial charge in [-0.1, -0.05) is 19.8 Å². The first-order valence-corrected chi connectivity index (χ1v) is 4.97. The Morgan fingerprint density at radius 1 is 1.60 bits per heavy atom. The molecule has 1 aliphatic rings. The minimum absolute atomic E-state index is 0.0469. The molecular formula is C9H15N3O3. The summed E-state index contributed by atoms with van der Waals surface area (Å²) in [7, 11) is 0. The quantitative estimate of drug-likeness (QED) is 0.607. The van der Waals surface area contributed by atoms with Gasteiger partial charge in [-0.15, -0.1) is 0 Å². The number of amides is 4. The number of hydrogen-bond acceptors (Lipinski definition) is 3. The number of imide groups is 1. The number of unbranched alkanes of at least 4 members (excludes halogenated alkanes) is 1. The number of hydrogen-bond donors (Lipinski definition) is 2. The lowest BCUT2D eigenvalue weighted by atomic mass is 10.1. The molecule has 15 heavy (non-hydrogen) atoms. The van der Waals surface area contributed by atoms with Gasteiger partial charge in [-0.3, -0.25) is 14.5 Å². The summed E-state index contributed by atoms with van der Waals surface area (Å²) in [5.74, 6) is -1.02. The van der Waals surface area contributed by atoms with Crippen LogP contribution in [-0.2, 0) is 9.59 Å². The third kappa shape index (κ3) is 2.45. The summed E-state index contributed by atoms with van der Waals surface area (Å²) in [6.07, 6.45) is 2.07. The fourth-order valence-electron chi connectivity index (χ4n) is 1.55. The smallest absolute Gasteiger partial charge is 0.325 e. The van der Waals surface area contributed by atoms with E-state index in [-0.39, 0.29) is 12.5 Å². The van der Waals surface area contributed by atoms with E-state index in [0.717, 1.165) is 17.7 Å². The number of carbonyl (C=O) groups is 3. The maximum absolute atomic E-state index is 11.3. The van der Waals surface area contributed by atoms with Crippen LogP contribution in [0.25, 0.3) is 0 Å². The van der Waals surface area contributed by atoms with Crippen molar-refractivity contribution in [1.29, 1.82) is 0 Å². The van der Waals surface area contributed by atoms with Crippen molar-refractivity contribution in [2.24, 2.45) is 5.73 Å². The molecule has 1 aliphatic heterocycles.